The second-order valence-corrected chi connectivity index (χ2v) is 3.14. The molecule has 1 aromatic heterocycles. The van der Waals surface area contributed by atoms with E-state index < -0.39 is 5.82 Å². The Labute approximate surface area is 92.9 Å². The van der Waals surface area contributed by atoms with Crippen LogP contribution in [0.1, 0.15) is 0 Å². The van der Waals surface area contributed by atoms with Crippen LogP contribution < -0.4 is 10.1 Å². The zero-order valence-corrected chi connectivity index (χ0v) is 8.77. The SMILES string of the molecule is CNc1cccc(Oc2ccccc2F)n1. The predicted octanol–water partition coefficient (Wildman–Crippen LogP) is 3.05. The van der Waals surface area contributed by atoms with Crippen LogP contribution in [0.15, 0.2) is 42.5 Å². The van der Waals surface area contributed by atoms with Gasteiger partial charge >= 0.3 is 0 Å². The Hall–Kier alpha value is -2.10. The molecule has 0 aliphatic heterocycles. The molecule has 1 heterocycles. The molecule has 0 spiro atoms. The molecule has 0 saturated heterocycles. The maximum absolute atomic E-state index is 13.3. The third-order valence-corrected chi connectivity index (χ3v) is 2.03. The highest BCUT2D eigenvalue weighted by Crippen LogP contribution is 2.23. The Bertz CT molecular complexity index is 488. The van der Waals surface area contributed by atoms with Gasteiger partial charge in [-0.25, -0.2) is 4.39 Å². The highest BCUT2D eigenvalue weighted by Gasteiger charge is 2.04. The topological polar surface area (TPSA) is 34.1 Å². The molecule has 1 aromatic carbocycles. The van der Waals surface area contributed by atoms with Gasteiger partial charge in [0.2, 0.25) is 5.88 Å². The molecule has 16 heavy (non-hydrogen) atoms. The van der Waals surface area contributed by atoms with Crippen LogP contribution in [0.5, 0.6) is 11.6 Å². The number of anilines is 1. The summed E-state index contributed by atoms with van der Waals surface area (Å²) in [6.45, 7) is 0. The molecule has 4 heteroatoms. The van der Waals surface area contributed by atoms with E-state index in [0.717, 1.165) is 0 Å². The average Bonchev–Trinajstić information content (AvgIpc) is 2.32. The molecule has 0 radical (unpaired) electrons. The summed E-state index contributed by atoms with van der Waals surface area (Å²) in [4.78, 5) is 4.13. The second kappa shape index (κ2) is 4.61. The van der Waals surface area contributed by atoms with Crippen LogP contribution in [0.25, 0.3) is 0 Å². The minimum atomic E-state index is -0.404. The lowest BCUT2D eigenvalue weighted by molar-refractivity contribution is 0.428. The fourth-order valence-corrected chi connectivity index (χ4v) is 1.25. The molecule has 0 atom stereocenters. The fourth-order valence-electron chi connectivity index (χ4n) is 1.25. The number of para-hydroxylation sites is 1. The Kier molecular flexibility index (Phi) is 3.00. The van der Waals surface area contributed by atoms with Crippen molar-refractivity contribution in [3.05, 3.63) is 48.3 Å². The third-order valence-electron chi connectivity index (χ3n) is 2.03. The van der Waals surface area contributed by atoms with Gasteiger partial charge in [0.1, 0.15) is 5.82 Å². The van der Waals surface area contributed by atoms with Crippen molar-refractivity contribution in [1.82, 2.24) is 4.98 Å². The number of hydrogen-bond acceptors (Lipinski definition) is 3. The number of nitrogens with one attached hydrogen (secondary N) is 1. The molecule has 0 amide bonds. The first-order valence-electron chi connectivity index (χ1n) is 4.87. The van der Waals surface area contributed by atoms with Crippen molar-refractivity contribution >= 4 is 5.82 Å². The first-order chi connectivity index (χ1) is 7.79. The van der Waals surface area contributed by atoms with Gasteiger partial charge in [-0.05, 0) is 18.2 Å². The van der Waals surface area contributed by atoms with Crippen molar-refractivity contribution in [3.63, 3.8) is 0 Å². The summed E-state index contributed by atoms with van der Waals surface area (Å²) in [5, 5.41) is 2.88. The lowest BCUT2D eigenvalue weighted by Crippen LogP contribution is -1.95. The molecule has 3 nitrogen and oxygen atoms in total. The maximum Gasteiger partial charge on any atom is 0.221 e. The van der Waals surface area contributed by atoms with Gasteiger partial charge in [-0.2, -0.15) is 4.98 Å². The molecule has 0 aliphatic carbocycles. The van der Waals surface area contributed by atoms with Crippen molar-refractivity contribution in [1.29, 1.82) is 0 Å². The minimum Gasteiger partial charge on any atom is -0.436 e. The van der Waals surface area contributed by atoms with E-state index in [0.29, 0.717) is 11.7 Å². The molecule has 0 unspecified atom stereocenters. The lowest BCUT2D eigenvalue weighted by Gasteiger charge is -2.06. The van der Waals surface area contributed by atoms with Crippen molar-refractivity contribution in [2.75, 3.05) is 12.4 Å². The van der Waals surface area contributed by atoms with E-state index in [-0.39, 0.29) is 5.75 Å². The highest BCUT2D eigenvalue weighted by atomic mass is 19.1. The Balaban J connectivity index is 2.24. The summed E-state index contributed by atoms with van der Waals surface area (Å²) in [5.41, 5.74) is 0. The first kappa shape index (κ1) is 10.4. The highest BCUT2D eigenvalue weighted by molar-refractivity contribution is 5.37. The van der Waals surface area contributed by atoms with Crippen molar-refractivity contribution in [2.24, 2.45) is 0 Å². The molecule has 0 bridgehead atoms. The number of aromatic nitrogens is 1. The molecular weight excluding hydrogens is 207 g/mol. The summed E-state index contributed by atoms with van der Waals surface area (Å²) in [5.74, 6) is 0.799. The largest absolute Gasteiger partial charge is 0.436 e. The molecule has 2 rings (SSSR count). The predicted molar refractivity (Wildman–Crippen MR) is 60.3 cm³/mol. The summed E-state index contributed by atoms with van der Waals surface area (Å²) in [6, 6.07) is 11.5. The smallest absolute Gasteiger partial charge is 0.221 e. The number of benzene rings is 1. The molecule has 2 aromatic rings. The van der Waals surface area contributed by atoms with Crippen molar-refractivity contribution < 1.29 is 9.13 Å². The molecule has 1 N–H and O–H groups in total. The van der Waals surface area contributed by atoms with Gasteiger partial charge in [-0.15, -0.1) is 0 Å². The van der Waals surface area contributed by atoms with E-state index in [1.54, 1.807) is 43.4 Å². The summed E-state index contributed by atoms with van der Waals surface area (Å²) >= 11 is 0. The molecule has 0 fully saturated rings. The van der Waals surface area contributed by atoms with Crippen LogP contribution >= 0.6 is 0 Å². The lowest BCUT2D eigenvalue weighted by atomic mass is 10.3. The van der Waals surface area contributed by atoms with Gasteiger partial charge < -0.3 is 10.1 Å². The maximum atomic E-state index is 13.3. The third kappa shape index (κ3) is 2.28. The average molecular weight is 218 g/mol. The number of rotatable bonds is 3. The van der Waals surface area contributed by atoms with E-state index in [9.17, 15) is 4.39 Å². The molecule has 0 aliphatic rings. The van der Waals surface area contributed by atoms with E-state index in [1.165, 1.54) is 6.07 Å². The first-order valence-corrected chi connectivity index (χ1v) is 4.87. The summed E-state index contributed by atoms with van der Waals surface area (Å²) in [6.07, 6.45) is 0. The van der Waals surface area contributed by atoms with Gasteiger partial charge in [0.15, 0.2) is 11.6 Å². The van der Waals surface area contributed by atoms with E-state index in [1.807, 2.05) is 0 Å². The molecule has 82 valence electrons. The number of ether oxygens (including phenoxy) is 1. The normalized spacial score (nSPS) is 9.88. The summed E-state index contributed by atoms with van der Waals surface area (Å²) < 4.78 is 18.6. The van der Waals surface area contributed by atoms with Crippen LogP contribution in [-0.4, -0.2) is 12.0 Å². The standard InChI is InChI=1S/C12H11FN2O/c1-14-11-7-4-8-12(15-11)16-10-6-3-2-5-9(10)13/h2-8H,1H3,(H,14,15). The number of nitrogens with zero attached hydrogens (tertiary/aromatic N) is 1. The van der Waals surface area contributed by atoms with Crippen LogP contribution in [0.3, 0.4) is 0 Å². The van der Waals surface area contributed by atoms with Crippen molar-refractivity contribution in [2.45, 2.75) is 0 Å². The van der Waals surface area contributed by atoms with Gasteiger partial charge in [-0.1, -0.05) is 18.2 Å². The van der Waals surface area contributed by atoms with E-state index in [4.69, 9.17) is 4.74 Å². The Morgan fingerprint density at radius 1 is 1.12 bits per heavy atom. The fraction of sp³-hybridized carbons (Fsp3) is 0.0833. The van der Waals surface area contributed by atoms with Crippen LogP contribution in [0, 0.1) is 5.82 Å². The Morgan fingerprint density at radius 3 is 2.69 bits per heavy atom. The van der Waals surface area contributed by atoms with Gasteiger partial charge in [0, 0.05) is 13.1 Å². The number of hydrogen-bond donors (Lipinski definition) is 1. The molecule has 0 saturated carbocycles. The Morgan fingerprint density at radius 2 is 1.94 bits per heavy atom. The van der Waals surface area contributed by atoms with E-state index >= 15 is 0 Å². The zero-order valence-electron chi connectivity index (χ0n) is 8.77. The molecular formula is C12H11FN2O. The summed E-state index contributed by atoms with van der Waals surface area (Å²) in [7, 11) is 1.76. The van der Waals surface area contributed by atoms with Crippen LogP contribution in [-0.2, 0) is 0 Å². The van der Waals surface area contributed by atoms with E-state index in [2.05, 4.69) is 10.3 Å². The zero-order chi connectivity index (χ0) is 11.4. The number of halogens is 1. The van der Waals surface area contributed by atoms with Gasteiger partial charge in [-0.3, -0.25) is 0 Å². The monoisotopic (exact) mass is 218 g/mol. The van der Waals surface area contributed by atoms with Crippen LogP contribution in [0.2, 0.25) is 0 Å². The van der Waals surface area contributed by atoms with Crippen LogP contribution in [0.4, 0.5) is 10.2 Å². The number of pyridine rings is 1. The quantitative estimate of drug-likeness (QED) is 0.859. The second-order valence-electron chi connectivity index (χ2n) is 3.14. The minimum absolute atomic E-state index is 0.170. The van der Waals surface area contributed by atoms with Gasteiger partial charge in [0.05, 0.1) is 0 Å². The van der Waals surface area contributed by atoms with Crippen molar-refractivity contribution in [3.8, 4) is 11.6 Å². The van der Waals surface area contributed by atoms with Gasteiger partial charge in [0.25, 0.3) is 0 Å².